The predicted octanol–water partition coefficient (Wildman–Crippen LogP) is 2.77. The van der Waals surface area contributed by atoms with Gasteiger partial charge in [0.05, 0.1) is 16.9 Å². The Morgan fingerprint density at radius 1 is 1.21 bits per heavy atom. The fourth-order valence-electron chi connectivity index (χ4n) is 3.54. The van der Waals surface area contributed by atoms with E-state index in [4.69, 9.17) is 0 Å². The van der Waals surface area contributed by atoms with Crippen LogP contribution in [0, 0.1) is 12.8 Å². The number of nitrogens with one attached hydrogen (secondary N) is 2. The Bertz CT molecular complexity index is 963. The van der Waals surface area contributed by atoms with Crippen molar-refractivity contribution in [1.29, 1.82) is 0 Å². The van der Waals surface area contributed by atoms with Gasteiger partial charge in [-0.2, -0.15) is 10.2 Å². The van der Waals surface area contributed by atoms with Crippen LogP contribution in [0.15, 0.2) is 42.7 Å². The molecular formula is C20H23N7O. The van der Waals surface area contributed by atoms with Gasteiger partial charge in [0.25, 0.3) is 0 Å². The third-order valence-corrected chi connectivity index (χ3v) is 4.91. The molecule has 2 amide bonds. The van der Waals surface area contributed by atoms with Gasteiger partial charge in [0.1, 0.15) is 0 Å². The predicted molar refractivity (Wildman–Crippen MR) is 108 cm³/mol. The largest absolute Gasteiger partial charge is 0.340 e. The van der Waals surface area contributed by atoms with Gasteiger partial charge in [-0.05, 0) is 49.9 Å². The summed E-state index contributed by atoms with van der Waals surface area (Å²) in [5.74, 6) is 1.12. The first-order valence-corrected chi connectivity index (χ1v) is 9.49. The highest BCUT2D eigenvalue weighted by molar-refractivity contribution is 6.00. The highest BCUT2D eigenvalue weighted by atomic mass is 16.2. The Balaban J connectivity index is 1.35. The Labute approximate surface area is 163 Å². The van der Waals surface area contributed by atoms with Crippen LogP contribution in [0.2, 0.25) is 0 Å². The molecule has 8 nitrogen and oxygen atoms in total. The molecule has 1 saturated heterocycles. The number of aryl methyl sites for hydroxylation is 1. The van der Waals surface area contributed by atoms with E-state index >= 15 is 0 Å². The molecule has 1 fully saturated rings. The van der Waals surface area contributed by atoms with Crippen LogP contribution in [0.3, 0.4) is 0 Å². The number of rotatable bonds is 4. The Kier molecular flexibility index (Phi) is 5.27. The van der Waals surface area contributed by atoms with Gasteiger partial charge in [0.2, 0.25) is 5.95 Å². The topological polar surface area (TPSA) is 95.9 Å². The third kappa shape index (κ3) is 4.16. The summed E-state index contributed by atoms with van der Waals surface area (Å²) >= 11 is 0. The number of nitrogens with zero attached hydrogens (tertiary/aromatic N) is 5. The molecular weight excluding hydrogens is 354 g/mol. The van der Waals surface area contributed by atoms with E-state index in [-0.39, 0.29) is 6.03 Å². The van der Waals surface area contributed by atoms with Crippen LogP contribution in [0.25, 0.3) is 10.9 Å². The average Bonchev–Trinajstić information content (AvgIpc) is 2.73. The minimum atomic E-state index is -0.213. The first-order valence-electron chi connectivity index (χ1n) is 9.49. The molecule has 8 heteroatoms. The standard InChI is InChI=1S/C20H23N7O/c1-14-11-16-17(6-2-7-18(16)26-25-14)24-20(28)23-12-15-5-3-10-27(13-15)19-21-8-4-9-22-19/h2,4,6-9,11,15H,3,5,10,12-13H2,1H3,(H2,23,24,28)/t15-/m0/s1. The Hall–Kier alpha value is -3.29. The van der Waals surface area contributed by atoms with E-state index < -0.39 is 0 Å². The SMILES string of the molecule is Cc1cc2c(NC(=O)NC[C@@H]3CCCN(c4ncccn4)C3)cccc2nn1. The molecule has 1 aromatic carbocycles. The Morgan fingerprint density at radius 2 is 2.07 bits per heavy atom. The number of carbonyl (C=O) groups excluding carboxylic acids is 1. The smallest absolute Gasteiger partial charge is 0.319 e. The summed E-state index contributed by atoms with van der Waals surface area (Å²) in [6, 6.07) is 9.15. The molecule has 2 aromatic heterocycles. The summed E-state index contributed by atoms with van der Waals surface area (Å²) in [6.45, 7) is 4.28. The number of hydrogen-bond donors (Lipinski definition) is 2. The van der Waals surface area contributed by atoms with Crippen LogP contribution in [0.4, 0.5) is 16.4 Å². The maximum Gasteiger partial charge on any atom is 0.319 e. The number of carbonyl (C=O) groups is 1. The average molecular weight is 377 g/mol. The van der Waals surface area contributed by atoms with Crippen LogP contribution in [0.1, 0.15) is 18.5 Å². The summed E-state index contributed by atoms with van der Waals surface area (Å²) in [5.41, 5.74) is 2.30. The number of amides is 2. The normalized spacial score (nSPS) is 16.8. The first kappa shape index (κ1) is 18.1. The van der Waals surface area contributed by atoms with Crippen molar-refractivity contribution in [3.8, 4) is 0 Å². The van der Waals surface area contributed by atoms with Crippen molar-refractivity contribution in [2.45, 2.75) is 19.8 Å². The summed E-state index contributed by atoms with van der Waals surface area (Å²) in [4.78, 5) is 23.3. The van der Waals surface area contributed by atoms with E-state index in [0.29, 0.717) is 12.5 Å². The van der Waals surface area contributed by atoms with Crippen molar-refractivity contribution in [1.82, 2.24) is 25.5 Å². The van der Waals surface area contributed by atoms with Crippen molar-refractivity contribution in [2.75, 3.05) is 29.9 Å². The van der Waals surface area contributed by atoms with Gasteiger partial charge in [-0.3, -0.25) is 0 Å². The number of piperidine rings is 1. The van der Waals surface area contributed by atoms with Crippen molar-refractivity contribution in [3.05, 3.63) is 48.4 Å². The van der Waals surface area contributed by atoms with E-state index in [9.17, 15) is 4.79 Å². The van der Waals surface area contributed by atoms with Crippen molar-refractivity contribution < 1.29 is 4.79 Å². The maximum atomic E-state index is 12.4. The summed E-state index contributed by atoms with van der Waals surface area (Å²) in [5, 5.41) is 15.1. The van der Waals surface area contributed by atoms with Crippen LogP contribution < -0.4 is 15.5 Å². The maximum absolute atomic E-state index is 12.4. The fraction of sp³-hybridized carbons (Fsp3) is 0.350. The van der Waals surface area contributed by atoms with Gasteiger partial charge in [0, 0.05) is 37.4 Å². The summed E-state index contributed by atoms with van der Waals surface area (Å²) in [7, 11) is 0. The molecule has 0 spiro atoms. The van der Waals surface area contributed by atoms with Gasteiger partial charge < -0.3 is 15.5 Å². The first-order chi connectivity index (χ1) is 13.7. The number of fused-ring (bicyclic) bond motifs is 1. The zero-order valence-corrected chi connectivity index (χ0v) is 15.8. The molecule has 3 heterocycles. The van der Waals surface area contributed by atoms with Gasteiger partial charge >= 0.3 is 6.03 Å². The lowest BCUT2D eigenvalue weighted by atomic mass is 9.98. The second kappa shape index (κ2) is 8.16. The van der Waals surface area contributed by atoms with E-state index in [0.717, 1.165) is 54.2 Å². The zero-order chi connectivity index (χ0) is 19.3. The monoisotopic (exact) mass is 377 g/mol. The van der Waals surface area contributed by atoms with E-state index in [1.165, 1.54) is 0 Å². The van der Waals surface area contributed by atoms with Crippen LogP contribution >= 0.6 is 0 Å². The van der Waals surface area contributed by atoms with E-state index in [1.54, 1.807) is 12.4 Å². The number of hydrogen-bond acceptors (Lipinski definition) is 6. The Morgan fingerprint density at radius 3 is 2.93 bits per heavy atom. The van der Waals surface area contributed by atoms with Crippen molar-refractivity contribution in [2.24, 2.45) is 5.92 Å². The lowest BCUT2D eigenvalue weighted by Crippen LogP contribution is -2.42. The number of anilines is 2. The molecule has 2 N–H and O–H groups in total. The molecule has 4 rings (SSSR count). The van der Waals surface area contributed by atoms with Gasteiger partial charge in [0.15, 0.2) is 0 Å². The molecule has 3 aromatic rings. The van der Waals surface area contributed by atoms with Crippen LogP contribution in [-0.2, 0) is 0 Å². The minimum absolute atomic E-state index is 0.213. The molecule has 1 aliphatic rings. The van der Waals surface area contributed by atoms with Crippen LogP contribution in [0.5, 0.6) is 0 Å². The summed E-state index contributed by atoms with van der Waals surface area (Å²) in [6.07, 6.45) is 5.65. The fourth-order valence-corrected chi connectivity index (χ4v) is 3.54. The third-order valence-electron chi connectivity index (χ3n) is 4.91. The van der Waals surface area contributed by atoms with E-state index in [2.05, 4.69) is 35.7 Å². The second-order valence-electron chi connectivity index (χ2n) is 7.06. The number of urea groups is 1. The van der Waals surface area contributed by atoms with E-state index in [1.807, 2.05) is 37.3 Å². The highest BCUT2D eigenvalue weighted by Crippen LogP contribution is 2.22. The summed E-state index contributed by atoms with van der Waals surface area (Å²) < 4.78 is 0. The number of aromatic nitrogens is 4. The van der Waals surface area contributed by atoms with Gasteiger partial charge in [-0.15, -0.1) is 0 Å². The quantitative estimate of drug-likeness (QED) is 0.726. The molecule has 0 saturated carbocycles. The lowest BCUT2D eigenvalue weighted by molar-refractivity contribution is 0.249. The van der Waals surface area contributed by atoms with Crippen molar-refractivity contribution in [3.63, 3.8) is 0 Å². The second-order valence-corrected chi connectivity index (χ2v) is 7.06. The molecule has 0 aliphatic carbocycles. The van der Waals surface area contributed by atoms with Crippen molar-refractivity contribution >= 4 is 28.6 Å². The lowest BCUT2D eigenvalue weighted by Gasteiger charge is -2.32. The van der Waals surface area contributed by atoms with Gasteiger partial charge in [-0.25, -0.2) is 14.8 Å². The molecule has 1 atom stereocenters. The molecule has 28 heavy (non-hydrogen) atoms. The zero-order valence-electron chi connectivity index (χ0n) is 15.8. The van der Waals surface area contributed by atoms with Crippen LogP contribution in [-0.4, -0.2) is 45.8 Å². The number of benzene rings is 1. The molecule has 0 bridgehead atoms. The molecule has 0 radical (unpaired) electrons. The molecule has 0 unspecified atom stereocenters. The minimum Gasteiger partial charge on any atom is -0.340 e. The highest BCUT2D eigenvalue weighted by Gasteiger charge is 2.22. The van der Waals surface area contributed by atoms with Gasteiger partial charge in [-0.1, -0.05) is 6.07 Å². The molecule has 144 valence electrons. The molecule has 1 aliphatic heterocycles.